The van der Waals surface area contributed by atoms with Crippen LogP contribution < -0.4 is 5.73 Å². The molecule has 1 heterocycles. The molecule has 0 aliphatic heterocycles. The molecule has 2 N–H and O–H groups in total. The minimum Gasteiger partial charge on any atom is -0.324 e. The maximum absolute atomic E-state index is 6.26. The van der Waals surface area contributed by atoms with E-state index in [-0.39, 0.29) is 6.04 Å². The van der Waals surface area contributed by atoms with Crippen molar-refractivity contribution in [3.8, 4) is 0 Å². The summed E-state index contributed by atoms with van der Waals surface area (Å²) in [5, 5.41) is 0.720. The Morgan fingerprint density at radius 3 is 2.86 bits per heavy atom. The molecule has 6 heteroatoms. The molecule has 0 bridgehead atoms. The van der Waals surface area contributed by atoms with Crippen molar-refractivity contribution in [3.05, 3.63) is 49.3 Å². The Morgan fingerprint density at radius 2 is 2.24 bits per heavy atom. The Bertz CT molecular complexity index is 602. The Kier molecular flexibility index (Phi) is 6.20. The van der Waals surface area contributed by atoms with E-state index in [1.165, 1.54) is 4.88 Å². The molecule has 2 aromatic rings. The number of halogens is 2. The van der Waals surface area contributed by atoms with Gasteiger partial charge in [-0.25, -0.2) is 4.98 Å². The molecule has 1 aromatic heterocycles. The Morgan fingerprint density at radius 1 is 1.48 bits per heavy atom. The third kappa shape index (κ3) is 4.76. The lowest BCUT2D eigenvalue weighted by Gasteiger charge is -2.20. The normalized spacial score (nSPS) is 12.9. The Labute approximate surface area is 143 Å². The quantitative estimate of drug-likeness (QED) is 0.798. The predicted molar refractivity (Wildman–Crippen MR) is 93.9 cm³/mol. The zero-order valence-electron chi connectivity index (χ0n) is 12.1. The number of thiazole rings is 1. The molecule has 0 radical (unpaired) electrons. The monoisotopic (exact) mass is 387 g/mol. The maximum atomic E-state index is 6.26. The Balaban J connectivity index is 1.88. The minimum atomic E-state index is -0.0457. The van der Waals surface area contributed by atoms with Gasteiger partial charge in [0, 0.05) is 33.5 Å². The molecule has 0 saturated carbocycles. The van der Waals surface area contributed by atoms with Gasteiger partial charge in [-0.1, -0.05) is 33.6 Å². The smallest absolute Gasteiger partial charge is 0.0798 e. The molecular weight excluding hydrogens is 370 g/mol. The second-order valence-electron chi connectivity index (χ2n) is 5.16. The van der Waals surface area contributed by atoms with Gasteiger partial charge in [-0.15, -0.1) is 11.3 Å². The van der Waals surface area contributed by atoms with Crippen LogP contribution >= 0.6 is 38.9 Å². The number of aryl methyl sites for hydroxylation is 1. The summed E-state index contributed by atoms with van der Waals surface area (Å²) in [7, 11) is 2.11. The number of aromatic nitrogens is 1. The fourth-order valence-electron chi connectivity index (χ4n) is 2.12. The molecule has 0 aliphatic carbocycles. The standard InChI is InChI=1S/C15H19BrClN3S/c1-10-15(21-9-19-10)8-20(2)6-5-14(18)12-4-3-11(16)7-13(12)17/h3-4,7,9,14H,5-6,8,18H2,1-2H3. The number of hydrogen-bond acceptors (Lipinski definition) is 4. The van der Waals surface area contributed by atoms with Crippen LogP contribution in [0.2, 0.25) is 5.02 Å². The van der Waals surface area contributed by atoms with Crippen molar-refractivity contribution in [1.82, 2.24) is 9.88 Å². The van der Waals surface area contributed by atoms with E-state index in [1.807, 2.05) is 30.6 Å². The van der Waals surface area contributed by atoms with Crippen molar-refractivity contribution < 1.29 is 0 Å². The highest BCUT2D eigenvalue weighted by Gasteiger charge is 2.12. The SMILES string of the molecule is Cc1ncsc1CN(C)CCC(N)c1ccc(Br)cc1Cl. The highest BCUT2D eigenvalue weighted by molar-refractivity contribution is 9.10. The lowest BCUT2D eigenvalue weighted by Crippen LogP contribution is -2.23. The van der Waals surface area contributed by atoms with E-state index in [0.29, 0.717) is 0 Å². The van der Waals surface area contributed by atoms with Gasteiger partial charge in [0.25, 0.3) is 0 Å². The van der Waals surface area contributed by atoms with E-state index in [1.54, 1.807) is 11.3 Å². The summed E-state index contributed by atoms with van der Waals surface area (Å²) in [4.78, 5) is 7.86. The summed E-state index contributed by atoms with van der Waals surface area (Å²) in [5.41, 5.74) is 10.3. The van der Waals surface area contributed by atoms with E-state index in [4.69, 9.17) is 17.3 Å². The molecule has 0 saturated heterocycles. The van der Waals surface area contributed by atoms with E-state index in [2.05, 4.69) is 32.9 Å². The van der Waals surface area contributed by atoms with Crippen molar-refractivity contribution in [2.75, 3.05) is 13.6 Å². The van der Waals surface area contributed by atoms with Crippen molar-refractivity contribution in [2.45, 2.75) is 25.9 Å². The van der Waals surface area contributed by atoms with Gasteiger partial charge in [-0.3, -0.25) is 0 Å². The van der Waals surface area contributed by atoms with Crippen molar-refractivity contribution >= 4 is 38.9 Å². The first kappa shape index (κ1) is 16.9. The predicted octanol–water partition coefficient (Wildman–Crippen LogP) is 4.39. The van der Waals surface area contributed by atoms with Crippen LogP contribution in [0.4, 0.5) is 0 Å². The maximum Gasteiger partial charge on any atom is 0.0798 e. The molecule has 3 nitrogen and oxygen atoms in total. The summed E-state index contributed by atoms with van der Waals surface area (Å²) in [6, 6.07) is 5.81. The van der Waals surface area contributed by atoms with Gasteiger partial charge in [0.05, 0.1) is 11.2 Å². The summed E-state index contributed by atoms with van der Waals surface area (Å²) in [5.74, 6) is 0. The molecule has 21 heavy (non-hydrogen) atoms. The topological polar surface area (TPSA) is 42.2 Å². The zero-order valence-corrected chi connectivity index (χ0v) is 15.3. The second kappa shape index (κ2) is 7.70. The molecule has 0 aliphatic rings. The summed E-state index contributed by atoms with van der Waals surface area (Å²) >= 11 is 11.4. The van der Waals surface area contributed by atoms with E-state index >= 15 is 0 Å². The van der Waals surface area contributed by atoms with Crippen molar-refractivity contribution in [3.63, 3.8) is 0 Å². The first-order chi connectivity index (χ1) is 9.97. The first-order valence-electron chi connectivity index (χ1n) is 6.75. The average Bonchev–Trinajstić information content (AvgIpc) is 2.81. The largest absolute Gasteiger partial charge is 0.324 e. The van der Waals surface area contributed by atoms with Gasteiger partial charge < -0.3 is 10.6 Å². The van der Waals surface area contributed by atoms with E-state index in [0.717, 1.165) is 40.3 Å². The third-order valence-corrected chi connectivity index (χ3v) is 5.18. The van der Waals surface area contributed by atoms with Crippen LogP contribution in [-0.2, 0) is 6.54 Å². The fourth-order valence-corrected chi connectivity index (χ4v) is 3.79. The number of nitrogens with zero attached hydrogens (tertiary/aromatic N) is 2. The van der Waals surface area contributed by atoms with Crippen LogP contribution in [0.3, 0.4) is 0 Å². The van der Waals surface area contributed by atoms with Gasteiger partial charge in [0.15, 0.2) is 0 Å². The van der Waals surface area contributed by atoms with Crippen molar-refractivity contribution in [2.24, 2.45) is 5.73 Å². The molecule has 2 rings (SSSR count). The summed E-state index contributed by atoms with van der Waals surface area (Å²) in [6.07, 6.45) is 0.871. The van der Waals surface area contributed by atoms with Gasteiger partial charge >= 0.3 is 0 Å². The highest BCUT2D eigenvalue weighted by Crippen LogP contribution is 2.27. The lowest BCUT2D eigenvalue weighted by atomic mass is 10.0. The number of hydrogen-bond donors (Lipinski definition) is 1. The van der Waals surface area contributed by atoms with Gasteiger partial charge in [0.1, 0.15) is 0 Å². The number of rotatable bonds is 6. The van der Waals surface area contributed by atoms with E-state index in [9.17, 15) is 0 Å². The molecule has 0 fully saturated rings. The highest BCUT2D eigenvalue weighted by atomic mass is 79.9. The summed E-state index contributed by atoms with van der Waals surface area (Å²) < 4.78 is 0.973. The van der Waals surface area contributed by atoms with E-state index < -0.39 is 0 Å². The average molecular weight is 389 g/mol. The third-order valence-electron chi connectivity index (χ3n) is 3.44. The molecular formula is C15H19BrClN3S. The van der Waals surface area contributed by atoms with Gasteiger partial charge in [0.2, 0.25) is 0 Å². The molecule has 114 valence electrons. The van der Waals surface area contributed by atoms with Gasteiger partial charge in [-0.2, -0.15) is 0 Å². The Hall–Kier alpha value is -0.460. The van der Waals surface area contributed by atoms with Crippen LogP contribution in [-0.4, -0.2) is 23.5 Å². The van der Waals surface area contributed by atoms with Crippen LogP contribution in [0.1, 0.15) is 28.6 Å². The van der Waals surface area contributed by atoms with Crippen LogP contribution in [0.25, 0.3) is 0 Å². The fraction of sp³-hybridized carbons (Fsp3) is 0.400. The zero-order chi connectivity index (χ0) is 15.4. The molecule has 0 spiro atoms. The first-order valence-corrected chi connectivity index (χ1v) is 8.80. The van der Waals surface area contributed by atoms with Crippen LogP contribution in [0.15, 0.2) is 28.2 Å². The van der Waals surface area contributed by atoms with Crippen LogP contribution in [0.5, 0.6) is 0 Å². The van der Waals surface area contributed by atoms with Crippen LogP contribution in [0, 0.1) is 6.92 Å². The van der Waals surface area contributed by atoms with Gasteiger partial charge in [-0.05, 0) is 38.1 Å². The molecule has 0 amide bonds. The minimum absolute atomic E-state index is 0.0457. The van der Waals surface area contributed by atoms with Crippen molar-refractivity contribution in [1.29, 1.82) is 0 Å². The molecule has 1 aromatic carbocycles. The number of nitrogens with two attached hydrogens (primary N) is 1. The number of benzene rings is 1. The summed E-state index contributed by atoms with van der Waals surface area (Å²) in [6.45, 7) is 3.88. The molecule has 1 atom stereocenters. The lowest BCUT2D eigenvalue weighted by molar-refractivity contribution is 0.313. The molecule has 1 unspecified atom stereocenters. The second-order valence-corrected chi connectivity index (χ2v) is 7.42.